The lowest BCUT2D eigenvalue weighted by Crippen LogP contribution is -2.30. The standard InChI is InChI=1S/C24H17FN2O3/c1-13-11-16-18(12-14(13)2)30-23-20(22(16)28)21(15-7-3-4-8-17(15)25)27(24(23)29)19-9-5-6-10-26-19/h3-12,21H,1-2H3. The highest BCUT2D eigenvalue weighted by atomic mass is 19.1. The van der Waals surface area contributed by atoms with E-state index < -0.39 is 17.8 Å². The van der Waals surface area contributed by atoms with E-state index in [0.717, 1.165) is 11.1 Å². The molecule has 3 heterocycles. The SMILES string of the molecule is Cc1cc2oc3c(c(=O)c2cc1C)C(c1ccccc1F)N(c1ccccn1)C3=O. The second-order valence-corrected chi connectivity index (χ2v) is 7.39. The first-order valence-corrected chi connectivity index (χ1v) is 9.54. The van der Waals surface area contributed by atoms with E-state index >= 15 is 0 Å². The van der Waals surface area contributed by atoms with Crippen molar-refractivity contribution in [3.05, 3.63) is 105 Å². The van der Waals surface area contributed by atoms with Gasteiger partial charge in [-0.05, 0) is 55.3 Å². The van der Waals surface area contributed by atoms with Gasteiger partial charge in [-0.3, -0.25) is 14.5 Å². The molecular formula is C24H17FN2O3. The van der Waals surface area contributed by atoms with Crippen molar-refractivity contribution in [2.45, 2.75) is 19.9 Å². The van der Waals surface area contributed by atoms with E-state index in [4.69, 9.17) is 4.42 Å². The van der Waals surface area contributed by atoms with Crippen LogP contribution >= 0.6 is 0 Å². The third-order valence-electron chi connectivity index (χ3n) is 5.58. The van der Waals surface area contributed by atoms with Crippen LogP contribution in [0.15, 0.2) is 70.0 Å². The fraction of sp³-hybridized carbons (Fsp3) is 0.125. The summed E-state index contributed by atoms with van der Waals surface area (Å²) >= 11 is 0. The number of anilines is 1. The van der Waals surface area contributed by atoms with Crippen molar-refractivity contribution in [1.82, 2.24) is 4.98 Å². The van der Waals surface area contributed by atoms with Gasteiger partial charge in [0.05, 0.1) is 17.0 Å². The topological polar surface area (TPSA) is 63.4 Å². The van der Waals surface area contributed by atoms with Crippen LogP contribution in [0.2, 0.25) is 0 Å². The van der Waals surface area contributed by atoms with Gasteiger partial charge in [-0.25, -0.2) is 9.37 Å². The maximum absolute atomic E-state index is 14.8. The Morgan fingerprint density at radius 2 is 1.73 bits per heavy atom. The van der Waals surface area contributed by atoms with Crippen molar-refractivity contribution in [2.75, 3.05) is 4.90 Å². The maximum Gasteiger partial charge on any atom is 0.296 e. The quantitative estimate of drug-likeness (QED) is 0.490. The molecule has 0 saturated carbocycles. The van der Waals surface area contributed by atoms with Crippen LogP contribution in [0.3, 0.4) is 0 Å². The van der Waals surface area contributed by atoms with Crippen molar-refractivity contribution in [3.63, 3.8) is 0 Å². The normalized spacial score (nSPS) is 15.6. The Bertz CT molecular complexity index is 1380. The van der Waals surface area contributed by atoms with Crippen LogP contribution in [0.1, 0.15) is 38.9 Å². The molecule has 0 radical (unpaired) electrons. The average Bonchev–Trinajstić information content (AvgIpc) is 3.03. The molecule has 148 valence electrons. The van der Waals surface area contributed by atoms with Gasteiger partial charge in [0, 0.05) is 11.8 Å². The van der Waals surface area contributed by atoms with Crippen LogP contribution < -0.4 is 10.3 Å². The van der Waals surface area contributed by atoms with E-state index in [9.17, 15) is 14.0 Å². The molecule has 30 heavy (non-hydrogen) atoms. The number of carbonyl (C=O) groups excluding carboxylic acids is 1. The van der Waals surface area contributed by atoms with Crippen molar-refractivity contribution in [2.24, 2.45) is 0 Å². The number of halogens is 1. The zero-order valence-corrected chi connectivity index (χ0v) is 16.3. The number of amides is 1. The minimum atomic E-state index is -0.967. The van der Waals surface area contributed by atoms with Crippen LogP contribution in [0.5, 0.6) is 0 Å². The van der Waals surface area contributed by atoms with Gasteiger partial charge >= 0.3 is 0 Å². The van der Waals surface area contributed by atoms with E-state index in [0.29, 0.717) is 16.8 Å². The Kier molecular flexibility index (Phi) is 4.03. The van der Waals surface area contributed by atoms with Crippen LogP contribution in [-0.4, -0.2) is 10.9 Å². The Hall–Kier alpha value is -3.80. The number of fused-ring (bicyclic) bond motifs is 2. The number of carbonyl (C=O) groups is 1. The molecule has 1 aliphatic heterocycles. The lowest BCUT2D eigenvalue weighted by molar-refractivity contribution is 0.0970. The van der Waals surface area contributed by atoms with E-state index in [1.807, 2.05) is 13.8 Å². The van der Waals surface area contributed by atoms with Crippen LogP contribution in [0, 0.1) is 19.7 Å². The number of benzene rings is 2. The minimum Gasteiger partial charge on any atom is -0.450 e. The fourth-order valence-electron chi connectivity index (χ4n) is 3.95. The van der Waals surface area contributed by atoms with Gasteiger partial charge in [-0.1, -0.05) is 24.3 Å². The summed E-state index contributed by atoms with van der Waals surface area (Å²) in [5, 5.41) is 0.369. The Morgan fingerprint density at radius 3 is 2.47 bits per heavy atom. The molecule has 0 saturated heterocycles. The number of hydrogen-bond acceptors (Lipinski definition) is 4. The molecule has 2 aromatic heterocycles. The van der Waals surface area contributed by atoms with Crippen molar-refractivity contribution >= 4 is 22.7 Å². The summed E-state index contributed by atoms with van der Waals surface area (Å²) in [5.74, 6) is -0.787. The molecule has 5 nitrogen and oxygen atoms in total. The second kappa shape index (κ2) is 6.62. The molecule has 1 unspecified atom stereocenters. The predicted molar refractivity (Wildman–Crippen MR) is 111 cm³/mol. The highest BCUT2D eigenvalue weighted by Gasteiger charge is 2.45. The first-order valence-electron chi connectivity index (χ1n) is 9.54. The number of aryl methyl sites for hydroxylation is 2. The first kappa shape index (κ1) is 18.2. The van der Waals surface area contributed by atoms with Crippen LogP contribution in [0.25, 0.3) is 11.0 Å². The monoisotopic (exact) mass is 400 g/mol. The summed E-state index contributed by atoms with van der Waals surface area (Å²) in [5.41, 5.74) is 2.23. The van der Waals surface area contributed by atoms with Gasteiger partial charge in [0.15, 0.2) is 5.43 Å². The average molecular weight is 400 g/mol. The smallest absolute Gasteiger partial charge is 0.296 e. The number of rotatable bonds is 2. The summed E-state index contributed by atoms with van der Waals surface area (Å²) < 4.78 is 20.8. The summed E-state index contributed by atoms with van der Waals surface area (Å²) in [6.07, 6.45) is 1.54. The Morgan fingerprint density at radius 1 is 1.00 bits per heavy atom. The molecule has 2 aromatic carbocycles. The molecule has 0 fully saturated rings. The van der Waals surface area contributed by atoms with Gasteiger partial charge in [-0.15, -0.1) is 0 Å². The third-order valence-corrected chi connectivity index (χ3v) is 5.58. The number of hydrogen-bond donors (Lipinski definition) is 0. The molecule has 0 N–H and O–H groups in total. The number of aromatic nitrogens is 1. The highest BCUT2D eigenvalue weighted by Crippen LogP contribution is 2.41. The van der Waals surface area contributed by atoms with Crippen molar-refractivity contribution < 1.29 is 13.6 Å². The van der Waals surface area contributed by atoms with Gasteiger partial charge < -0.3 is 4.42 Å². The lowest BCUT2D eigenvalue weighted by atomic mass is 9.97. The summed E-state index contributed by atoms with van der Waals surface area (Å²) in [6, 6.07) is 13.8. The molecule has 0 aliphatic carbocycles. The largest absolute Gasteiger partial charge is 0.450 e. The van der Waals surface area contributed by atoms with E-state index in [2.05, 4.69) is 4.98 Å². The Labute approximate surface area is 171 Å². The van der Waals surface area contributed by atoms with Crippen LogP contribution in [-0.2, 0) is 0 Å². The molecule has 5 rings (SSSR count). The van der Waals surface area contributed by atoms with E-state index in [1.165, 1.54) is 11.0 Å². The summed E-state index contributed by atoms with van der Waals surface area (Å²) in [4.78, 5) is 32.5. The van der Waals surface area contributed by atoms with E-state index in [1.54, 1.807) is 54.7 Å². The molecule has 0 spiro atoms. The minimum absolute atomic E-state index is 0.0744. The van der Waals surface area contributed by atoms with Gasteiger partial charge in [0.25, 0.3) is 5.91 Å². The number of nitrogens with zero attached hydrogens (tertiary/aromatic N) is 2. The van der Waals surface area contributed by atoms with Gasteiger partial charge in [-0.2, -0.15) is 0 Å². The molecule has 1 aliphatic rings. The van der Waals surface area contributed by atoms with Crippen molar-refractivity contribution in [3.8, 4) is 0 Å². The molecule has 1 atom stereocenters. The second-order valence-electron chi connectivity index (χ2n) is 7.39. The number of pyridine rings is 1. The zero-order valence-electron chi connectivity index (χ0n) is 16.3. The lowest BCUT2D eigenvalue weighted by Gasteiger charge is -2.24. The summed E-state index contributed by atoms with van der Waals surface area (Å²) in [7, 11) is 0. The molecule has 6 heteroatoms. The maximum atomic E-state index is 14.8. The van der Waals surface area contributed by atoms with Crippen molar-refractivity contribution in [1.29, 1.82) is 0 Å². The molecule has 4 aromatic rings. The van der Waals surface area contributed by atoms with E-state index in [-0.39, 0.29) is 22.3 Å². The molecule has 1 amide bonds. The van der Waals surface area contributed by atoms with Gasteiger partial charge in [0.1, 0.15) is 17.2 Å². The molecule has 0 bridgehead atoms. The first-order chi connectivity index (χ1) is 14.5. The third kappa shape index (κ3) is 2.57. The van der Waals surface area contributed by atoms with Gasteiger partial charge in [0.2, 0.25) is 5.76 Å². The summed E-state index contributed by atoms with van der Waals surface area (Å²) in [6.45, 7) is 3.81. The fourth-order valence-corrected chi connectivity index (χ4v) is 3.95. The highest BCUT2D eigenvalue weighted by molar-refractivity contribution is 6.10. The molecular weight excluding hydrogens is 383 g/mol. The van der Waals surface area contributed by atoms with Crippen LogP contribution in [0.4, 0.5) is 10.2 Å². The Balaban J connectivity index is 1.86. The predicted octanol–water partition coefficient (Wildman–Crippen LogP) is 4.69. The zero-order chi connectivity index (χ0) is 21.0.